The molecule has 0 aromatic carbocycles. The first-order valence-electron chi connectivity index (χ1n) is 4.15. The van der Waals surface area contributed by atoms with Crippen LogP contribution in [0.3, 0.4) is 0 Å². The molecule has 0 aliphatic heterocycles. The average Bonchev–Trinajstić information content (AvgIpc) is 1.97. The largest absolute Gasteiger partial charge is 0.279 e. The van der Waals surface area contributed by atoms with Gasteiger partial charge >= 0.3 is 0 Å². The van der Waals surface area contributed by atoms with Crippen LogP contribution in [0.2, 0.25) is 0 Å². The van der Waals surface area contributed by atoms with E-state index in [4.69, 9.17) is 11.9 Å². The van der Waals surface area contributed by atoms with Crippen LogP contribution in [0.1, 0.15) is 45.4 Å². The van der Waals surface area contributed by atoms with E-state index in [1.54, 1.807) is 0 Å². The number of rotatable bonds is 7. The first-order valence-corrected chi connectivity index (χ1v) is 4.46. The lowest BCUT2D eigenvalue weighted by molar-refractivity contribution is 0.335. The lowest BCUT2D eigenvalue weighted by Crippen LogP contribution is -1.84. The Morgan fingerprint density at radius 2 is 1.55 bits per heavy atom. The van der Waals surface area contributed by atoms with Crippen LogP contribution in [-0.4, -0.2) is 24.0 Å². The maximum Gasteiger partial charge on any atom is 0.187 e. The van der Waals surface area contributed by atoms with Gasteiger partial charge in [0.2, 0.25) is 0 Å². The van der Waals surface area contributed by atoms with Crippen LogP contribution in [0.4, 0.5) is 0 Å². The molecule has 0 aromatic heterocycles. The van der Waals surface area contributed by atoms with E-state index in [0.717, 1.165) is 6.42 Å². The highest BCUT2D eigenvalue weighted by atomic mass is 35.5. The fourth-order valence-electron chi connectivity index (χ4n) is 0.937. The minimum absolute atomic E-state index is 0. The van der Waals surface area contributed by atoms with E-state index in [-0.39, 0.29) is 17.4 Å². The van der Waals surface area contributed by atoms with E-state index in [9.17, 15) is 0 Å². The van der Waals surface area contributed by atoms with E-state index in [1.807, 2.05) is 0 Å². The van der Waals surface area contributed by atoms with Gasteiger partial charge < -0.3 is 0 Å². The summed E-state index contributed by atoms with van der Waals surface area (Å²) in [6.07, 6.45) is 7.72. The third-order valence-corrected chi connectivity index (χ3v) is 1.73. The molecule has 0 N–H and O–H groups in total. The number of unbranched alkanes of at least 4 members (excludes halogenated alkanes) is 5. The summed E-state index contributed by atoms with van der Waals surface area (Å²) in [6.45, 7) is 2.93. The van der Waals surface area contributed by atoms with E-state index >= 15 is 0 Å². The van der Waals surface area contributed by atoms with E-state index < -0.39 is 0 Å². The molecule has 0 radical (unpaired) electrons. The summed E-state index contributed by atoms with van der Waals surface area (Å²) < 4.78 is 4.42. The SMILES string of the molecule is CCCCCCCCOCl.[AlH3]. The highest BCUT2D eigenvalue weighted by Gasteiger charge is 1.88. The van der Waals surface area contributed by atoms with Crippen molar-refractivity contribution in [3.8, 4) is 0 Å². The van der Waals surface area contributed by atoms with Crippen LogP contribution >= 0.6 is 11.9 Å². The Kier molecular flexibility index (Phi) is 17.4. The van der Waals surface area contributed by atoms with Gasteiger partial charge in [0, 0.05) is 0 Å². The molecule has 3 heteroatoms. The summed E-state index contributed by atoms with van der Waals surface area (Å²) in [5.41, 5.74) is 0. The van der Waals surface area contributed by atoms with Gasteiger partial charge in [0.05, 0.1) is 18.5 Å². The second kappa shape index (κ2) is 13.4. The molecule has 0 unspecified atom stereocenters. The number of halogens is 1. The molecule has 0 atom stereocenters. The molecule has 0 amide bonds. The Morgan fingerprint density at radius 3 is 2.09 bits per heavy atom. The molecule has 0 aromatic rings. The molecule has 0 fully saturated rings. The second-order valence-corrected chi connectivity index (χ2v) is 2.80. The third-order valence-electron chi connectivity index (χ3n) is 1.58. The van der Waals surface area contributed by atoms with Crippen molar-refractivity contribution in [3.63, 3.8) is 0 Å². The van der Waals surface area contributed by atoms with Crippen molar-refractivity contribution >= 4 is 29.2 Å². The van der Waals surface area contributed by atoms with Crippen molar-refractivity contribution in [2.75, 3.05) is 6.61 Å². The Morgan fingerprint density at radius 1 is 1.00 bits per heavy atom. The van der Waals surface area contributed by atoms with Crippen molar-refractivity contribution in [1.29, 1.82) is 0 Å². The molecular weight excluding hydrogens is 175 g/mol. The van der Waals surface area contributed by atoms with Gasteiger partial charge in [-0.3, -0.25) is 4.29 Å². The Labute approximate surface area is 85.8 Å². The van der Waals surface area contributed by atoms with Gasteiger partial charge in [-0.15, -0.1) is 0 Å². The van der Waals surface area contributed by atoms with Gasteiger partial charge in [0.25, 0.3) is 0 Å². The van der Waals surface area contributed by atoms with Gasteiger partial charge in [-0.05, 0) is 6.42 Å². The zero-order valence-corrected chi connectivity index (χ0v) is 7.49. The molecule has 0 saturated heterocycles. The van der Waals surface area contributed by atoms with E-state index in [1.165, 1.54) is 32.1 Å². The monoisotopic (exact) mass is 194 g/mol. The fraction of sp³-hybridized carbons (Fsp3) is 1.00. The first-order chi connectivity index (χ1) is 4.91. The smallest absolute Gasteiger partial charge is 0.187 e. The molecule has 68 valence electrons. The topological polar surface area (TPSA) is 9.23 Å². The van der Waals surface area contributed by atoms with Gasteiger partial charge in [-0.2, -0.15) is 0 Å². The van der Waals surface area contributed by atoms with Crippen LogP contribution in [0.15, 0.2) is 0 Å². The van der Waals surface area contributed by atoms with E-state index in [0.29, 0.717) is 6.61 Å². The third kappa shape index (κ3) is 13.7. The van der Waals surface area contributed by atoms with Gasteiger partial charge in [-0.25, -0.2) is 0 Å². The number of hydrogen-bond donors (Lipinski definition) is 0. The number of hydrogen-bond acceptors (Lipinski definition) is 1. The lowest BCUT2D eigenvalue weighted by atomic mass is 10.1. The van der Waals surface area contributed by atoms with Crippen molar-refractivity contribution in [3.05, 3.63) is 0 Å². The maximum absolute atomic E-state index is 5.04. The van der Waals surface area contributed by atoms with Crippen molar-refractivity contribution < 1.29 is 4.29 Å². The molecule has 0 heterocycles. The van der Waals surface area contributed by atoms with Crippen molar-refractivity contribution in [2.24, 2.45) is 0 Å². The first kappa shape index (κ1) is 14.3. The average molecular weight is 195 g/mol. The minimum atomic E-state index is 0. The van der Waals surface area contributed by atoms with Crippen LogP contribution in [0.25, 0.3) is 0 Å². The van der Waals surface area contributed by atoms with E-state index in [2.05, 4.69) is 11.2 Å². The fourth-order valence-corrected chi connectivity index (χ4v) is 1.05. The summed E-state index contributed by atoms with van der Waals surface area (Å²) in [7, 11) is 0. The van der Waals surface area contributed by atoms with Gasteiger partial charge in [-0.1, -0.05) is 39.0 Å². The zero-order valence-electron chi connectivity index (χ0n) is 6.74. The highest BCUT2D eigenvalue weighted by molar-refractivity contribution is 6.07. The predicted octanol–water partition coefficient (Wildman–Crippen LogP) is 2.33. The molecule has 0 aliphatic carbocycles. The van der Waals surface area contributed by atoms with Gasteiger partial charge in [0.15, 0.2) is 17.4 Å². The maximum atomic E-state index is 5.04. The summed E-state index contributed by atoms with van der Waals surface area (Å²) >= 11 is 5.04. The normalized spacial score (nSPS) is 9.27. The van der Waals surface area contributed by atoms with Crippen molar-refractivity contribution in [2.45, 2.75) is 45.4 Å². The highest BCUT2D eigenvalue weighted by Crippen LogP contribution is 2.04. The zero-order chi connectivity index (χ0) is 7.66. The van der Waals surface area contributed by atoms with Crippen molar-refractivity contribution in [1.82, 2.24) is 0 Å². The predicted molar refractivity (Wildman–Crippen MR) is 55.1 cm³/mol. The minimum Gasteiger partial charge on any atom is -0.279 e. The van der Waals surface area contributed by atoms with Crippen LogP contribution in [0.5, 0.6) is 0 Å². The molecule has 0 rings (SSSR count). The molecule has 1 nitrogen and oxygen atoms in total. The summed E-state index contributed by atoms with van der Waals surface area (Å²) in [5, 5.41) is 0. The van der Waals surface area contributed by atoms with Crippen LogP contribution < -0.4 is 0 Å². The molecule has 0 saturated carbocycles. The molecule has 0 spiro atoms. The second-order valence-electron chi connectivity index (χ2n) is 2.58. The molecule has 11 heavy (non-hydrogen) atoms. The molecule has 0 aliphatic rings. The standard InChI is InChI=1S/C8H17ClO.Al.3H/c1-2-3-4-5-6-7-8-10-9;;;;/h2-8H2,1H3;;;;. The summed E-state index contributed by atoms with van der Waals surface area (Å²) in [5.74, 6) is 0. The lowest BCUT2D eigenvalue weighted by Gasteiger charge is -1.97. The van der Waals surface area contributed by atoms with Crippen LogP contribution in [0, 0.1) is 0 Å². The summed E-state index contributed by atoms with van der Waals surface area (Å²) in [4.78, 5) is 0. The quantitative estimate of drug-likeness (QED) is 0.447. The summed E-state index contributed by atoms with van der Waals surface area (Å²) in [6, 6.07) is 0. The molecular formula is C8H20AlClO. The van der Waals surface area contributed by atoms with Gasteiger partial charge in [0.1, 0.15) is 0 Å². The Bertz CT molecular complexity index is 54.1. The van der Waals surface area contributed by atoms with Crippen LogP contribution in [-0.2, 0) is 4.29 Å². The Hall–Kier alpha value is 0.782. The Balaban J connectivity index is 0. The molecule has 0 bridgehead atoms.